The fourth-order valence-corrected chi connectivity index (χ4v) is 3.22. The van der Waals surface area contributed by atoms with Gasteiger partial charge in [-0.15, -0.1) is 0 Å². The average molecular weight is 403 g/mol. The molecule has 1 aromatic carbocycles. The Bertz CT molecular complexity index is 699. The fraction of sp³-hybridized carbons (Fsp3) is 0.696. The molecule has 0 aliphatic carbocycles. The molecule has 1 atom stereocenters. The molecule has 1 aliphatic heterocycles. The van der Waals surface area contributed by atoms with E-state index in [2.05, 4.69) is 13.8 Å². The first-order chi connectivity index (χ1) is 13.2. The summed E-state index contributed by atoms with van der Waals surface area (Å²) < 4.78 is 17.9. The van der Waals surface area contributed by atoms with E-state index in [0.29, 0.717) is 12.3 Å². The highest BCUT2D eigenvalue weighted by Crippen LogP contribution is 2.36. The molecule has 0 spiro atoms. The number of esters is 1. The van der Waals surface area contributed by atoms with Gasteiger partial charge in [-0.25, -0.2) is 0 Å². The number of benzene rings is 1. The van der Waals surface area contributed by atoms with E-state index in [1.54, 1.807) is 0 Å². The SMILES string of the molecule is CC(C)CCC(C)(C)OC(=O)[C@@H](N)Cc1cccc(B2OC(C)(C)C(C)(C)O2)c1. The van der Waals surface area contributed by atoms with Gasteiger partial charge in [0, 0.05) is 0 Å². The van der Waals surface area contributed by atoms with Crippen molar-refractivity contribution in [2.45, 2.75) is 97.5 Å². The normalized spacial score (nSPS) is 19.4. The van der Waals surface area contributed by atoms with Crippen LogP contribution in [0.4, 0.5) is 0 Å². The molecule has 162 valence electrons. The van der Waals surface area contributed by atoms with Gasteiger partial charge < -0.3 is 19.8 Å². The van der Waals surface area contributed by atoms with E-state index in [0.717, 1.165) is 23.9 Å². The summed E-state index contributed by atoms with van der Waals surface area (Å²) in [5.41, 5.74) is 6.76. The first kappa shape index (κ1) is 23.9. The van der Waals surface area contributed by atoms with Crippen molar-refractivity contribution >= 4 is 18.6 Å². The largest absolute Gasteiger partial charge is 0.494 e. The molecule has 1 fully saturated rings. The van der Waals surface area contributed by atoms with Gasteiger partial charge in [0.1, 0.15) is 11.6 Å². The third kappa shape index (κ3) is 6.30. The van der Waals surface area contributed by atoms with E-state index in [1.807, 2.05) is 65.8 Å². The molecule has 1 aromatic rings. The lowest BCUT2D eigenvalue weighted by Crippen LogP contribution is -2.41. The fourth-order valence-electron chi connectivity index (χ4n) is 3.22. The molecule has 0 saturated carbocycles. The van der Waals surface area contributed by atoms with Crippen LogP contribution in [0.15, 0.2) is 24.3 Å². The zero-order chi connectivity index (χ0) is 22.0. The first-order valence-electron chi connectivity index (χ1n) is 10.7. The van der Waals surface area contributed by atoms with Crippen LogP contribution < -0.4 is 11.2 Å². The summed E-state index contributed by atoms with van der Waals surface area (Å²) in [5.74, 6) is 0.208. The topological polar surface area (TPSA) is 70.8 Å². The molecule has 0 radical (unpaired) electrons. The highest BCUT2D eigenvalue weighted by Gasteiger charge is 2.51. The lowest BCUT2D eigenvalue weighted by molar-refractivity contribution is -0.158. The van der Waals surface area contributed by atoms with Crippen molar-refractivity contribution in [1.29, 1.82) is 0 Å². The van der Waals surface area contributed by atoms with Gasteiger partial charge in [-0.2, -0.15) is 0 Å². The lowest BCUT2D eigenvalue weighted by atomic mass is 9.78. The minimum atomic E-state index is -0.707. The van der Waals surface area contributed by atoms with Crippen molar-refractivity contribution in [3.63, 3.8) is 0 Å². The molecule has 2 rings (SSSR count). The van der Waals surface area contributed by atoms with Crippen LogP contribution in [-0.2, 0) is 25.3 Å². The van der Waals surface area contributed by atoms with Gasteiger partial charge in [-0.05, 0) is 77.7 Å². The highest BCUT2D eigenvalue weighted by atomic mass is 16.7. The Morgan fingerprint density at radius 3 is 2.31 bits per heavy atom. The highest BCUT2D eigenvalue weighted by molar-refractivity contribution is 6.62. The summed E-state index contributed by atoms with van der Waals surface area (Å²) in [5, 5.41) is 0. The van der Waals surface area contributed by atoms with Crippen molar-refractivity contribution in [3.8, 4) is 0 Å². The van der Waals surface area contributed by atoms with Crippen LogP contribution in [0.25, 0.3) is 0 Å². The minimum Gasteiger partial charge on any atom is -0.459 e. The van der Waals surface area contributed by atoms with Crippen LogP contribution in [-0.4, -0.2) is 35.9 Å². The van der Waals surface area contributed by atoms with E-state index in [9.17, 15) is 4.79 Å². The Balaban J connectivity index is 2.00. The van der Waals surface area contributed by atoms with Crippen LogP contribution in [0.2, 0.25) is 0 Å². The number of carbonyl (C=O) groups is 1. The molecule has 6 heteroatoms. The van der Waals surface area contributed by atoms with Crippen LogP contribution >= 0.6 is 0 Å². The number of rotatable bonds is 8. The average Bonchev–Trinajstić information content (AvgIpc) is 2.81. The monoisotopic (exact) mass is 403 g/mol. The Kier molecular flexibility index (Phi) is 7.24. The van der Waals surface area contributed by atoms with Gasteiger partial charge in [-0.3, -0.25) is 4.79 Å². The van der Waals surface area contributed by atoms with Gasteiger partial charge in [0.25, 0.3) is 0 Å². The summed E-state index contributed by atoms with van der Waals surface area (Å²) in [6, 6.07) is 7.18. The number of hydrogen-bond acceptors (Lipinski definition) is 5. The molecular formula is C23H38BNO4. The van der Waals surface area contributed by atoms with Gasteiger partial charge in [0.15, 0.2) is 0 Å². The van der Waals surface area contributed by atoms with E-state index in [-0.39, 0.29) is 5.97 Å². The van der Waals surface area contributed by atoms with Gasteiger partial charge >= 0.3 is 13.1 Å². The maximum absolute atomic E-state index is 12.5. The molecule has 5 nitrogen and oxygen atoms in total. The Hall–Kier alpha value is -1.37. The van der Waals surface area contributed by atoms with E-state index < -0.39 is 30.0 Å². The molecular weight excluding hydrogens is 365 g/mol. The van der Waals surface area contributed by atoms with E-state index in [4.69, 9.17) is 19.8 Å². The van der Waals surface area contributed by atoms with Crippen molar-refractivity contribution in [1.82, 2.24) is 0 Å². The third-order valence-electron chi connectivity index (χ3n) is 5.94. The molecule has 0 unspecified atom stereocenters. The zero-order valence-electron chi connectivity index (χ0n) is 19.4. The summed E-state index contributed by atoms with van der Waals surface area (Å²) in [6.07, 6.45) is 2.23. The number of nitrogens with two attached hydrogens (primary N) is 1. The molecule has 1 saturated heterocycles. The third-order valence-corrected chi connectivity index (χ3v) is 5.94. The predicted octanol–water partition coefficient (Wildman–Crippen LogP) is 3.61. The molecule has 0 amide bonds. The van der Waals surface area contributed by atoms with E-state index in [1.165, 1.54) is 0 Å². The Morgan fingerprint density at radius 1 is 1.17 bits per heavy atom. The Labute approximate surface area is 176 Å². The molecule has 0 bridgehead atoms. The van der Waals surface area contributed by atoms with Gasteiger partial charge in [0.05, 0.1) is 11.2 Å². The standard InChI is InChI=1S/C23H38BNO4/c1-16(2)12-13-21(3,4)27-20(26)19(25)15-17-10-9-11-18(14-17)24-28-22(5,6)23(7,8)29-24/h9-11,14,16,19H,12-13,15,25H2,1-8H3/t19-/m0/s1. The summed E-state index contributed by atoms with van der Waals surface area (Å²) in [6.45, 7) is 16.3. The smallest absolute Gasteiger partial charge is 0.459 e. The van der Waals surface area contributed by atoms with Crippen LogP contribution in [0.5, 0.6) is 0 Å². The summed E-state index contributed by atoms with van der Waals surface area (Å²) in [7, 11) is -0.432. The van der Waals surface area contributed by atoms with E-state index >= 15 is 0 Å². The summed E-state index contributed by atoms with van der Waals surface area (Å²) >= 11 is 0. The van der Waals surface area contributed by atoms with Gasteiger partial charge in [-0.1, -0.05) is 38.1 Å². The lowest BCUT2D eigenvalue weighted by Gasteiger charge is -2.32. The van der Waals surface area contributed by atoms with Crippen molar-refractivity contribution in [2.75, 3.05) is 0 Å². The minimum absolute atomic E-state index is 0.361. The molecule has 0 aromatic heterocycles. The Morgan fingerprint density at radius 2 is 1.76 bits per heavy atom. The first-order valence-corrected chi connectivity index (χ1v) is 10.7. The number of carbonyl (C=O) groups excluding carboxylic acids is 1. The van der Waals surface area contributed by atoms with Crippen LogP contribution in [0.1, 0.15) is 73.8 Å². The van der Waals surface area contributed by atoms with Crippen molar-refractivity contribution in [3.05, 3.63) is 29.8 Å². The number of ether oxygens (including phenoxy) is 1. The second-order valence-corrected chi connectivity index (χ2v) is 10.3. The molecule has 1 heterocycles. The van der Waals surface area contributed by atoms with Crippen LogP contribution in [0.3, 0.4) is 0 Å². The second kappa shape index (κ2) is 8.79. The zero-order valence-corrected chi connectivity index (χ0v) is 19.4. The molecule has 1 aliphatic rings. The summed E-state index contributed by atoms with van der Waals surface area (Å²) in [4.78, 5) is 12.5. The maximum Gasteiger partial charge on any atom is 0.494 e. The number of hydrogen-bond donors (Lipinski definition) is 1. The van der Waals surface area contributed by atoms with Crippen molar-refractivity contribution in [2.24, 2.45) is 11.7 Å². The van der Waals surface area contributed by atoms with Crippen LogP contribution in [0, 0.1) is 5.92 Å². The molecule has 2 N–H and O–H groups in total. The maximum atomic E-state index is 12.5. The van der Waals surface area contributed by atoms with Crippen molar-refractivity contribution < 1.29 is 18.8 Å². The second-order valence-electron chi connectivity index (χ2n) is 10.3. The predicted molar refractivity (Wildman–Crippen MR) is 118 cm³/mol. The molecule has 29 heavy (non-hydrogen) atoms. The van der Waals surface area contributed by atoms with Gasteiger partial charge in [0.2, 0.25) is 0 Å². The quantitative estimate of drug-likeness (QED) is 0.530.